The van der Waals surface area contributed by atoms with E-state index in [1.54, 1.807) is 13.0 Å². The first-order valence-electron chi connectivity index (χ1n) is 6.91. The Hall–Kier alpha value is -2.45. The molecule has 0 spiro atoms. The van der Waals surface area contributed by atoms with Gasteiger partial charge in [0.25, 0.3) is 5.91 Å². The quantitative estimate of drug-likeness (QED) is 0.865. The lowest BCUT2D eigenvalue weighted by Crippen LogP contribution is -2.43. The van der Waals surface area contributed by atoms with Gasteiger partial charge in [0.15, 0.2) is 6.61 Å². The minimum absolute atomic E-state index is 0.0332. The number of carbonyl (C=O) groups excluding carboxylic acids is 2. The molecule has 2 N–H and O–H groups in total. The summed E-state index contributed by atoms with van der Waals surface area (Å²) >= 11 is 0. The van der Waals surface area contributed by atoms with Gasteiger partial charge in [0, 0.05) is 24.8 Å². The number of rotatable bonds is 5. The van der Waals surface area contributed by atoms with Gasteiger partial charge in [-0.1, -0.05) is 6.07 Å². The first-order valence-corrected chi connectivity index (χ1v) is 6.91. The molecule has 3 amide bonds. The number of nitrogens with one attached hydrogen (secondary N) is 2. The van der Waals surface area contributed by atoms with Crippen LogP contribution in [0.2, 0.25) is 0 Å². The van der Waals surface area contributed by atoms with Crippen LogP contribution in [0.4, 0.5) is 23.7 Å². The van der Waals surface area contributed by atoms with Crippen molar-refractivity contribution < 1.29 is 27.5 Å². The Morgan fingerprint density at radius 2 is 2.22 bits per heavy atom. The van der Waals surface area contributed by atoms with Crippen molar-refractivity contribution in [3.8, 4) is 5.75 Å². The summed E-state index contributed by atoms with van der Waals surface area (Å²) in [4.78, 5) is 24.7. The number of halogens is 3. The van der Waals surface area contributed by atoms with E-state index in [9.17, 15) is 22.8 Å². The van der Waals surface area contributed by atoms with E-state index in [0.717, 1.165) is 4.90 Å². The summed E-state index contributed by atoms with van der Waals surface area (Å²) in [5.41, 5.74) is 0.421. The number of ether oxygens (including phenoxy) is 1. The Kier molecular flexibility index (Phi) is 4.97. The van der Waals surface area contributed by atoms with Crippen LogP contribution >= 0.6 is 0 Å². The number of anilines is 1. The topological polar surface area (TPSA) is 70.7 Å². The van der Waals surface area contributed by atoms with Crippen LogP contribution in [0.1, 0.15) is 6.92 Å². The van der Waals surface area contributed by atoms with E-state index in [1.165, 1.54) is 18.2 Å². The van der Waals surface area contributed by atoms with Crippen LogP contribution in [0.5, 0.6) is 5.75 Å². The molecule has 0 unspecified atom stereocenters. The van der Waals surface area contributed by atoms with Crippen molar-refractivity contribution in [3.63, 3.8) is 0 Å². The lowest BCUT2D eigenvalue weighted by Gasteiger charge is -2.20. The number of alkyl halides is 3. The van der Waals surface area contributed by atoms with Crippen molar-refractivity contribution in [2.45, 2.75) is 19.1 Å². The standard InChI is InChI=1S/C14H16F3N3O3/c1-9(12(21)20-6-5-18-13(20)22)19-10-3-2-4-11(7-10)23-8-14(15,16)17/h2-4,7,9,19H,5-6,8H2,1H3,(H,18,22)/t9-/m0/s1. The molecule has 1 saturated heterocycles. The van der Waals surface area contributed by atoms with Gasteiger partial charge in [-0.2, -0.15) is 13.2 Å². The second kappa shape index (κ2) is 6.76. The highest BCUT2D eigenvalue weighted by Crippen LogP contribution is 2.22. The molecule has 1 heterocycles. The fraction of sp³-hybridized carbons (Fsp3) is 0.429. The molecule has 1 aromatic carbocycles. The molecule has 0 aliphatic carbocycles. The van der Waals surface area contributed by atoms with Crippen molar-refractivity contribution in [3.05, 3.63) is 24.3 Å². The second-order valence-corrected chi connectivity index (χ2v) is 5.02. The van der Waals surface area contributed by atoms with Crippen molar-refractivity contribution in [2.75, 3.05) is 25.0 Å². The summed E-state index contributed by atoms with van der Waals surface area (Å²) in [6.45, 7) is 0.868. The molecule has 23 heavy (non-hydrogen) atoms. The van der Waals surface area contributed by atoms with Crippen LogP contribution in [0.3, 0.4) is 0 Å². The number of benzene rings is 1. The molecule has 6 nitrogen and oxygen atoms in total. The van der Waals surface area contributed by atoms with Crippen LogP contribution in [0.25, 0.3) is 0 Å². The fourth-order valence-electron chi connectivity index (χ4n) is 2.07. The predicted octanol–water partition coefficient (Wildman–Crippen LogP) is 1.98. The Labute approximate surface area is 130 Å². The van der Waals surface area contributed by atoms with Gasteiger partial charge in [0.1, 0.15) is 11.8 Å². The maximum atomic E-state index is 12.1. The van der Waals surface area contributed by atoms with E-state index >= 15 is 0 Å². The smallest absolute Gasteiger partial charge is 0.422 e. The Bertz CT molecular complexity index is 592. The maximum absolute atomic E-state index is 12.1. The van der Waals surface area contributed by atoms with Crippen molar-refractivity contribution in [1.29, 1.82) is 0 Å². The summed E-state index contributed by atoms with van der Waals surface area (Å²) in [7, 11) is 0. The third kappa shape index (κ3) is 4.76. The first kappa shape index (κ1) is 16.9. The van der Waals surface area contributed by atoms with Gasteiger partial charge in [-0.05, 0) is 19.1 Å². The van der Waals surface area contributed by atoms with Crippen LogP contribution in [-0.2, 0) is 4.79 Å². The highest BCUT2D eigenvalue weighted by Gasteiger charge is 2.30. The zero-order valence-electron chi connectivity index (χ0n) is 12.3. The molecule has 2 rings (SSSR count). The van der Waals surface area contributed by atoms with E-state index in [1.807, 2.05) is 0 Å². The minimum atomic E-state index is -4.42. The lowest BCUT2D eigenvalue weighted by atomic mass is 10.2. The monoisotopic (exact) mass is 331 g/mol. The first-order chi connectivity index (χ1) is 10.8. The third-order valence-corrected chi connectivity index (χ3v) is 3.11. The summed E-state index contributed by atoms with van der Waals surface area (Å²) in [5, 5.41) is 5.37. The molecule has 1 atom stereocenters. The molecular weight excluding hydrogens is 315 g/mol. The lowest BCUT2D eigenvalue weighted by molar-refractivity contribution is -0.153. The van der Waals surface area contributed by atoms with E-state index in [4.69, 9.17) is 0 Å². The van der Waals surface area contributed by atoms with Crippen molar-refractivity contribution in [2.24, 2.45) is 0 Å². The van der Waals surface area contributed by atoms with E-state index in [2.05, 4.69) is 15.4 Å². The van der Waals surface area contributed by atoms with Crippen molar-refractivity contribution in [1.82, 2.24) is 10.2 Å². The van der Waals surface area contributed by atoms with Gasteiger partial charge in [-0.3, -0.25) is 9.69 Å². The number of amides is 3. The molecular formula is C14H16F3N3O3. The number of hydrogen-bond acceptors (Lipinski definition) is 4. The zero-order chi connectivity index (χ0) is 17.0. The van der Waals surface area contributed by atoms with Crippen LogP contribution in [-0.4, -0.2) is 48.8 Å². The Morgan fingerprint density at radius 3 is 2.83 bits per heavy atom. The van der Waals surface area contributed by atoms with Gasteiger partial charge in [0.2, 0.25) is 0 Å². The van der Waals surface area contributed by atoms with E-state index in [0.29, 0.717) is 18.8 Å². The van der Waals surface area contributed by atoms with Crippen LogP contribution < -0.4 is 15.4 Å². The zero-order valence-corrected chi connectivity index (χ0v) is 12.3. The highest BCUT2D eigenvalue weighted by molar-refractivity contribution is 5.99. The number of urea groups is 1. The summed E-state index contributed by atoms with van der Waals surface area (Å²) in [6.07, 6.45) is -4.42. The second-order valence-electron chi connectivity index (χ2n) is 5.02. The predicted molar refractivity (Wildman–Crippen MR) is 76.2 cm³/mol. The van der Waals surface area contributed by atoms with Gasteiger partial charge in [0.05, 0.1) is 0 Å². The average molecular weight is 331 g/mol. The van der Waals surface area contributed by atoms with Crippen molar-refractivity contribution >= 4 is 17.6 Å². The highest BCUT2D eigenvalue weighted by atomic mass is 19.4. The van der Waals surface area contributed by atoms with E-state index < -0.39 is 30.8 Å². The molecule has 1 fully saturated rings. The van der Waals surface area contributed by atoms with Gasteiger partial charge in [-0.25, -0.2) is 4.79 Å². The largest absolute Gasteiger partial charge is 0.484 e. The molecule has 0 radical (unpaired) electrons. The molecule has 0 saturated carbocycles. The molecule has 0 aromatic heterocycles. The van der Waals surface area contributed by atoms with Crippen LogP contribution in [0, 0.1) is 0 Å². The number of hydrogen-bond donors (Lipinski definition) is 2. The summed E-state index contributed by atoms with van der Waals surface area (Å²) < 4.78 is 41.1. The number of carbonyl (C=O) groups is 2. The molecule has 0 bridgehead atoms. The van der Waals surface area contributed by atoms with Gasteiger partial charge < -0.3 is 15.4 Å². The normalized spacial score (nSPS) is 16.0. The number of imide groups is 1. The summed E-state index contributed by atoms with van der Waals surface area (Å²) in [6, 6.07) is 4.68. The van der Waals surface area contributed by atoms with E-state index in [-0.39, 0.29) is 5.75 Å². The average Bonchev–Trinajstić information content (AvgIpc) is 2.90. The third-order valence-electron chi connectivity index (χ3n) is 3.11. The maximum Gasteiger partial charge on any atom is 0.422 e. The Morgan fingerprint density at radius 1 is 1.48 bits per heavy atom. The Balaban J connectivity index is 1.96. The molecule has 1 aliphatic rings. The molecule has 126 valence electrons. The fourth-order valence-corrected chi connectivity index (χ4v) is 2.07. The minimum Gasteiger partial charge on any atom is -0.484 e. The van der Waals surface area contributed by atoms with Gasteiger partial charge in [-0.15, -0.1) is 0 Å². The molecule has 1 aromatic rings. The van der Waals surface area contributed by atoms with Crippen LogP contribution in [0.15, 0.2) is 24.3 Å². The SMILES string of the molecule is C[C@H](Nc1cccc(OCC(F)(F)F)c1)C(=O)N1CCNC1=O. The summed E-state index contributed by atoms with van der Waals surface area (Å²) in [5.74, 6) is -0.382. The van der Waals surface area contributed by atoms with Gasteiger partial charge >= 0.3 is 12.2 Å². The number of nitrogens with zero attached hydrogens (tertiary/aromatic N) is 1. The molecule has 9 heteroatoms. The molecule has 1 aliphatic heterocycles.